The molecular formula is C10H8ClN3O3. The average molecular weight is 254 g/mol. The Hall–Kier alpha value is -2.13. The molecule has 0 saturated heterocycles. The van der Waals surface area contributed by atoms with Gasteiger partial charge in [0.2, 0.25) is 5.91 Å². The summed E-state index contributed by atoms with van der Waals surface area (Å²) in [6, 6.07) is 5.76. The average Bonchev–Trinajstić information content (AvgIpc) is 2.29. The van der Waals surface area contributed by atoms with Gasteiger partial charge in [-0.15, -0.1) is 11.6 Å². The molecule has 0 aromatic heterocycles. The van der Waals surface area contributed by atoms with E-state index in [2.05, 4.69) is 0 Å². The number of carbonyl (C=O) groups is 1. The van der Waals surface area contributed by atoms with E-state index in [-0.39, 0.29) is 23.2 Å². The van der Waals surface area contributed by atoms with E-state index in [1.54, 1.807) is 6.07 Å². The van der Waals surface area contributed by atoms with Crippen LogP contribution in [0.25, 0.3) is 0 Å². The van der Waals surface area contributed by atoms with Crippen LogP contribution in [-0.4, -0.2) is 16.2 Å². The molecule has 0 aliphatic carbocycles. The topological polar surface area (TPSA) is 110 Å². The number of nitro benzene ring substituents is 1. The monoisotopic (exact) mass is 253 g/mol. The van der Waals surface area contributed by atoms with Gasteiger partial charge in [0.25, 0.3) is 5.69 Å². The van der Waals surface area contributed by atoms with Gasteiger partial charge in [0.1, 0.15) is 5.38 Å². The van der Waals surface area contributed by atoms with Gasteiger partial charge in [-0.3, -0.25) is 14.9 Å². The lowest BCUT2D eigenvalue weighted by Gasteiger charge is -2.06. The van der Waals surface area contributed by atoms with Gasteiger partial charge in [0, 0.05) is 18.1 Å². The van der Waals surface area contributed by atoms with Gasteiger partial charge < -0.3 is 5.73 Å². The molecule has 0 fully saturated rings. The predicted octanol–water partition coefficient (Wildman–Crippen LogP) is 1.10. The number of nitrogens with two attached hydrogens (primary N) is 1. The molecule has 0 radical (unpaired) electrons. The number of amides is 1. The van der Waals surface area contributed by atoms with Crippen LogP contribution in [0.5, 0.6) is 0 Å². The summed E-state index contributed by atoms with van der Waals surface area (Å²) >= 11 is 5.64. The maximum absolute atomic E-state index is 10.8. The van der Waals surface area contributed by atoms with Gasteiger partial charge in [0.15, 0.2) is 0 Å². The van der Waals surface area contributed by atoms with Crippen LogP contribution >= 0.6 is 11.6 Å². The summed E-state index contributed by atoms with van der Waals surface area (Å²) < 4.78 is 0. The Bertz CT molecular complexity index is 510. The molecule has 0 aliphatic heterocycles. The molecular weight excluding hydrogens is 246 g/mol. The fourth-order valence-electron chi connectivity index (χ4n) is 1.27. The number of rotatable bonds is 4. The fourth-order valence-corrected chi connectivity index (χ4v) is 1.44. The number of nitrogens with zero attached hydrogens (tertiary/aromatic N) is 2. The molecule has 0 heterocycles. The molecule has 6 nitrogen and oxygen atoms in total. The van der Waals surface area contributed by atoms with Gasteiger partial charge in [-0.05, 0) is 6.07 Å². The van der Waals surface area contributed by atoms with Crippen molar-refractivity contribution in [1.82, 2.24) is 0 Å². The molecule has 0 saturated carbocycles. The molecule has 2 N–H and O–H groups in total. The summed E-state index contributed by atoms with van der Waals surface area (Å²) in [7, 11) is 0. The second-order valence-electron chi connectivity index (χ2n) is 3.29. The van der Waals surface area contributed by atoms with Crippen molar-refractivity contribution in [2.45, 2.75) is 11.8 Å². The van der Waals surface area contributed by atoms with Crippen LogP contribution in [-0.2, 0) is 11.2 Å². The Morgan fingerprint density at radius 2 is 2.29 bits per heavy atom. The maximum Gasteiger partial charge on any atom is 0.273 e. The van der Waals surface area contributed by atoms with E-state index in [4.69, 9.17) is 22.6 Å². The number of benzene rings is 1. The quantitative estimate of drug-likeness (QED) is 0.492. The van der Waals surface area contributed by atoms with Crippen LogP contribution in [0.2, 0.25) is 0 Å². The van der Waals surface area contributed by atoms with E-state index in [9.17, 15) is 14.9 Å². The molecule has 88 valence electrons. The number of carbonyl (C=O) groups excluding carboxylic acids is 1. The fraction of sp³-hybridized carbons (Fsp3) is 0.200. The zero-order valence-electron chi connectivity index (χ0n) is 8.59. The molecule has 0 aliphatic rings. The number of alkyl halides is 1. The second kappa shape index (κ2) is 5.27. The van der Waals surface area contributed by atoms with E-state index < -0.39 is 16.2 Å². The van der Waals surface area contributed by atoms with E-state index in [1.807, 2.05) is 0 Å². The molecule has 7 heteroatoms. The highest BCUT2D eigenvalue weighted by Crippen LogP contribution is 2.22. The number of nitriles is 1. The third kappa shape index (κ3) is 3.16. The SMILES string of the molecule is N#Cc1ccc(CC(Cl)C(N)=O)c([N+](=O)[O-])c1. The first-order valence-electron chi connectivity index (χ1n) is 4.56. The van der Waals surface area contributed by atoms with E-state index in [0.29, 0.717) is 0 Å². The van der Waals surface area contributed by atoms with E-state index in [1.165, 1.54) is 12.1 Å². The number of primary amides is 1. The largest absolute Gasteiger partial charge is 0.368 e. The first kappa shape index (κ1) is 12.9. The van der Waals surface area contributed by atoms with Gasteiger partial charge in [-0.1, -0.05) is 6.07 Å². The highest BCUT2D eigenvalue weighted by molar-refractivity contribution is 6.30. The highest BCUT2D eigenvalue weighted by atomic mass is 35.5. The summed E-state index contributed by atoms with van der Waals surface area (Å²) in [6.07, 6.45) is -0.0427. The smallest absolute Gasteiger partial charge is 0.273 e. The lowest BCUT2D eigenvalue weighted by Crippen LogP contribution is -2.25. The van der Waals surface area contributed by atoms with Gasteiger partial charge >= 0.3 is 0 Å². The minimum absolute atomic E-state index is 0.0427. The van der Waals surface area contributed by atoms with Gasteiger partial charge in [-0.2, -0.15) is 5.26 Å². The summed E-state index contributed by atoms with van der Waals surface area (Å²) in [5, 5.41) is 18.4. The highest BCUT2D eigenvalue weighted by Gasteiger charge is 2.20. The van der Waals surface area contributed by atoms with Crippen LogP contribution in [0.1, 0.15) is 11.1 Å². The molecule has 1 rings (SSSR count). The number of hydrogen-bond donors (Lipinski definition) is 1. The Morgan fingerprint density at radius 1 is 1.65 bits per heavy atom. The Labute approximate surface area is 102 Å². The zero-order valence-corrected chi connectivity index (χ0v) is 9.35. The minimum Gasteiger partial charge on any atom is -0.368 e. The third-order valence-corrected chi connectivity index (χ3v) is 2.49. The van der Waals surface area contributed by atoms with Crippen LogP contribution in [0.15, 0.2) is 18.2 Å². The first-order valence-corrected chi connectivity index (χ1v) is 5.00. The second-order valence-corrected chi connectivity index (χ2v) is 3.81. The maximum atomic E-state index is 10.8. The van der Waals surface area contributed by atoms with Crippen molar-refractivity contribution in [2.75, 3.05) is 0 Å². The predicted molar refractivity (Wildman–Crippen MR) is 60.4 cm³/mol. The lowest BCUT2D eigenvalue weighted by atomic mass is 10.0. The Kier molecular flexibility index (Phi) is 4.01. The molecule has 0 bridgehead atoms. The van der Waals surface area contributed by atoms with Crippen molar-refractivity contribution >= 4 is 23.2 Å². The molecule has 1 amide bonds. The van der Waals surface area contributed by atoms with E-state index in [0.717, 1.165) is 6.07 Å². The van der Waals surface area contributed by atoms with Crippen molar-refractivity contribution in [1.29, 1.82) is 5.26 Å². The van der Waals surface area contributed by atoms with Crippen molar-refractivity contribution in [3.63, 3.8) is 0 Å². The van der Waals surface area contributed by atoms with Crippen molar-refractivity contribution in [3.8, 4) is 6.07 Å². The normalized spacial score (nSPS) is 11.5. The molecule has 1 unspecified atom stereocenters. The number of nitro groups is 1. The standard InChI is InChI=1S/C10H8ClN3O3/c11-8(10(13)15)4-7-2-1-6(5-12)3-9(7)14(16)17/h1-3,8H,4H2,(H2,13,15). The van der Waals surface area contributed by atoms with Gasteiger partial charge in [-0.25, -0.2) is 0 Å². The zero-order chi connectivity index (χ0) is 13.0. The van der Waals surface area contributed by atoms with Crippen LogP contribution < -0.4 is 5.73 Å². The molecule has 1 aromatic carbocycles. The Morgan fingerprint density at radius 3 is 2.76 bits per heavy atom. The third-order valence-electron chi connectivity index (χ3n) is 2.12. The van der Waals surface area contributed by atoms with Crippen molar-refractivity contribution in [3.05, 3.63) is 39.4 Å². The van der Waals surface area contributed by atoms with Crippen molar-refractivity contribution < 1.29 is 9.72 Å². The van der Waals surface area contributed by atoms with Crippen LogP contribution in [0.4, 0.5) is 5.69 Å². The summed E-state index contributed by atoms with van der Waals surface area (Å²) in [5.41, 5.74) is 5.18. The van der Waals surface area contributed by atoms with E-state index >= 15 is 0 Å². The van der Waals surface area contributed by atoms with Crippen LogP contribution in [0, 0.1) is 21.4 Å². The first-order chi connectivity index (χ1) is 7.95. The summed E-state index contributed by atoms with van der Waals surface area (Å²) in [6.45, 7) is 0. The number of hydrogen-bond acceptors (Lipinski definition) is 4. The summed E-state index contributed by atoms with van der Waals surface area (Å²) in [5.74, 6) is -0.745. The molecule has 1 aromatic rings. The molecule has 1 atom stereocenters. The van der Waals surface area contributed by atoms with Gasteiger partial charge in [0.05, 0.1) is 16.6 Å². The summed E-state index contributed by atoms with van der Waals surface area (Å²) in [4.78, 5) is 20.9. The van der Waals surface area contributed by atoms with Crippen molar-refractivity contribution in [2.24, 2.45) is 5.73 Å². The number of halogens is 1. The molecule has 17 heavy (non-hydrogen) atoms. The molecule has 0 spiro atoms. The lowest BCUT2D eigenvalue weighted by molar-refractivity contribution is -0.385. The Balaban J connectivity index is 3.12. The van der Waals surface area contributed by atoms with Crippen LogP contribution in [0.3, 0.4) is 0 Å². The minimum atomic E-state index is -1.01.